The minimum atomic E-state index is 0.833. The second-order valence-electron chi connectivity index (χ2n) is 12.2. The van der Waals surface area contributed by atoms with Crippen LogP contribution in [0.5, 0.6) is 0 Å². The van der Waals surface area contributed by atoms with Crippen molar-refractivity contribution in [3.8, 4) is 33.5 Å². The Balaban J connectivity index is 1.24. The molecule has 2 heterocycles. The highest BCUT2D eigenvalue weighted by Crippen LogP contribution is 2.41. The maximum Gasteiger partial charge on any atom is 0.143 e. The third-order valence-corrected chi connectivity index (χ3v) is 9.46. The molecule has 0 aliphatic carbocycles. The molecule has 0 saturated heterocycles. The van der Waals surface area contributed by atoms with E-state index in [4.69, 9.17) is 14.4 Å². The number of aromatic nitrogens is 2. The van der Waals surface area contributed by atoms with Crippen LogP contribution in [0.2, 0.25) is 0 Å². The smallest absolute Gasteiger partial charge is 0.143 e. The summed E-state index contributed by atoms with van der Waals surface area (Å²) in [4.78, 5) is 10.4. The molecule has 0 atom stereocenters. The minimum absolute atomic E-state index is 0.833. The highest BCUT2D eigenvalue weighted by Gasteiger charge is 2.17. The van der Waals surface area contributed by atoms with Gasteiger partial charge in [-0.3, -0.25) is 4.98 Å². The third-order valence-electron chi connectivity index (χ3n) is 9.46. The van der Waals surface area contributed by atoms with Gasteiger partial charge in [0.05, 0.1) is 22.9 Å². The van der Waals surface area contributed by atoms with Gasteiger partial charge in [0.25, 0.3) is 0 Å². The Morgan fingerprint density at radius 2 is 1.06 bits per heavy atom. The second kappa shape index (κ2) is 10.1. The first kappa shape index (κ1) is 26.0. The fourth-order valence-electron chi connectivity index (χ4n) is 7.29. The molecule has 0 aliphatic heterocycles. The van der Waals surface area contributed by atoms with Crippen LogP contribution in [0.3, 0.4) is 0 Å². The van der Waals surface area contributed by atoms with E-state index in [1.54, 1.807) is 0 Å². The van der Waals surface area contributed by atoms with Crippen LogP contribution in [0.4, 0.5) is 0 Å². The number of hydrogen-bond acceptors (Lipinski definition) is 3. The van der Waals surface area contributed by atoms with Crippen LogP contribution in [0.25, 0.3) is 98.8 Å². The Labute approximate surface area is 270 Å². The standard InChI is InChI=1S/C44H26N2O/c1-2-11-27(12-3-1)29-23-30(33-19-10-20-38-41-32-14-5-4-13-28(32)21-22-40(41)47-44(33)38)25-31(24-29)39-26-45-42-36-17-8-6-15-34(36)35-16-7-9-18-37(35)43(42)46-39/h1-26H. The molecule has 0 amide bonds. The maximum atomic E-state index is 6.66. The fraction of sp³-hybridized carbons (Fsp3) is 0. The van der Waals surface area contributed by atoms with E-state index in [9.17, 15) is 0 Å². The first-order valence-corrected chi connectivity index (χ1v) is 15.9. The fourth-order valence-corrected chi connectivity index (χ4v) is 7.29. The zero-order valence-electron chi connectivity index (χ0n) is 25.3. The molecular formula is C44H26N2O. The monoisotopic (exact) mass is 598 g/mol. The number of rotatable bonds is 3. The third kappa shape index (κ3) is 4.00. The van der Waals surface area contributed by atoms with E-state index < -0.39 is 0 Å². The first-order chi connectivity index (χ1) is 23.3. The minimum Gasteiger partial charge on any atom is -0.455 e. The number of furan rings is 1. The molecule has 3 heteroatoms. The van der Waals surface area contributed by atoms with Gasteiger partial charge in [-0.15, -0.1) is 0 Å². The van der Waals surface area contributed by atoms with Gasteiger partial charge in [-0.2, -0.15) is 0 Å². The predicted octanol–water partition coefficient (Wildman–Crippen LogP) is 12.0. The van der Waals surface area contributed by atoms with Crippen LogP contribution < -0.4 is 0 Å². The van der Waals surface area contributed by atoms with Gasteiger partial charge in [0, 0.05) is 32.7 Å². The molecule has 10 aromatic rings. The quantitative estimate of drug-likeness (QED) is 0.190. The molecule has 0 spiro atoms. The second-order valence-corrected chi connectivity index (χ2v) is 12.2. The van der Waals surface area contributed by atoms with Crippen molar-refractivity contribution < 1.29 is 4.42 Å². The lowest BCUT2D eigenvalue weighted by Crippen LogP contribution is -1.93. The zero-order valence-corrected chi connectivity index (χ0v) is 25.3. The summed E-state index contributed by atoms with van der Waals surface area (Å²) in [6.07, 6.45) is 1.92. The summed E-state index contributed by atoms with van der Waals surface area (Å²) in [5.41, 5.74) is 9.82. The van der Waals surface area contributed by atoms with Gasteiger partial charge in [-0.25, -0.2) is 4.98 Å². The molecule has 0 aliphatic rings. The topological polar surface area (TPSA) is 38.9 Å². The van der Waals surface area contributed by atoms with Crippen molar-refractivity contribution in [3.63, 3.8) is 0 Å². The van der Waals surface area contributed by atoms with Crippen molar-refractivity contribution in [2.45, 2.75) is 0 Å². The molecule has 0 radical (unpaired) electrons. The van der Waals surface area contributed by atoms with E-state index >= 15 is 0 Å². The highest BCUT2D eigenvalue weighted by molar-refractivity contribution is 6.23. The largest absolute Gasteiger partial charge is 0.455 e. The van der Waals surface area contributed by atoms with E-state index in [-0.39, 0.29) is 0 Å². The van der Waals surface area contributed by atoms with Crippen molar-refractivity contribution >= 4 is 65.3 Å². The first-order valence-electron chi connectivity index (χ1n) is 15.9. The van der Waals surface area contributed by atoms with Crippen molar-refractivity contribution in [1.29, 1.82) is 0 Å². The van der Waals surface area contributed by atoms with Gasteiger partial charge in [0.2, 0.25) is 0 Å². The van der Waals surface area contributed by atoms with E-state index in [1.165, 1.54) is 21.5 Å². The SMILES string of the molecule is c1ccc(-c2cc(-c3cnc4c5ccccc5c5ccccc5c4n3)cc(-c3cccc4c3oc3ccc5ccccc5c34)c2)cc1. The Morgan fingerprint density at radius 3 is 1.87 bits per heavy atom. The van der Waals surface area contributed by atoms with Crippen LogP contribution in [-0.2, 0) is 0 Å². The summed E-state index contributed by atoms with van der Waals surface area (Å²) in [7, 11) is 0. The summed E-state index contributed by atoms with van der Waals surface area (Å²) in [6, 6.07) is 53.4. The molecular weight excluding hydrogens is 572 g/mol. The van der Waals surface area contributed by atoms with Gasteiger partial charge in [0.15, 0.2) is 0 Å². The summed E-state index contributed by atoms with van der Waals surface area (Å²) in [6.45, 7) is 0. The highest BCUT2D eigenvalue weighted by atomic mass is 16.3. The van der Waals surface area contributed by atoms with Crippen LogP contribution >= 0.6 is 0 Å². The summed E-state index contributed by atoms with van der Waals surface area (Å²) >= 11 is 0. The Bertz CT molecular complexity index is 2810. The van der Waals surface area contributed by atoms with Crippen molar-refractivity contribution in [2.75, 3.05) is 0 Å². The Morgan fingerprint density at radius 1 is 0.426 bits per heavy atom. The number of benzene rings is 8. The lowest BCUT2D eigenvalue weighted by molar-refractivity contribution is 0.670. The van der Waals surface area contributed by atoms with Gasteiger partial charge in [0.1, 0.15) is 11.2 Å². The number of nitrogens with zero attached hydrogens (tertiary/aromatic N) is 2. The van der Waals surface area contributed by atoms with Crippen molar-refractivity contribution in [2.24, 2.45) is 0 Å². The van der Waals surface area contributed by atoms with Crippen LogP contribution in [0, 0.1) is 0 Å². The van der Waals surface area contributed by atoms with Gasteiger partial charge in [-0.1, -0.05) is 127 Å². The molecule has 0 saturated carbocycles. The molecule has 3 nitrogen and oxygen atoms in total. The van der Waals surface area contributed by atoms with Gasteiger partial charge < -0.3 is 4.42 Å². The van der Waals surface area contributed by atoms with Crippen molar-refractivity contribution in [1.82, 2.24) is 9.97 Å². The average molecular weight is 599 g/mol. The molecule has 47 heavy (non-hydrogen) atoms. The molecule has 218 valence electrons. The van der Waals surface area contributed by atoms with E-state index in [1.807, 2.05) is 6.20 Å². The molecule has 0 N–H and O–H groups in total. The van der Waals surface area contributed by atoms with Gasteiger partial charge in [-0.05, 0) is 62.5 Å². The summed E-state index contributed by atoms with van der Waals surface area (Å²) in [5, 5.41) is 9.27. The Kier molecular flexibility index (Phi) is 5.57. The molecule has 8 aromatic carbocycles. The van der Waals surface area contributed by atoms with Crippen molar-refractivity contribution in [3.05, 3.63) is 158 Å². The zero-order chi connectivity index (χ0) is 30.9. The normalized spacial score (nSPS) is 11.8. The molecule has 0 bridgehead atoms. The van der Waals surface area contributed by atoms with E-state index in [2.05, 4.69) is 152 Å². The average Bonchev–Trinajstić information content (AvgIpc) is 3.54. The van der Waals surface area contributed by atoms with Crippen LogP contribution in [0.15, 0.2) is 162 Å². The lowest BCUT2D eigenvalue weighted by Gasteiger charge is -2.13. The lowest BCUT2D eigenvalue weighted by atomic mass is 9.93. The Hall–Kier alpha value is -6.32. The van der Waals surface area contributed by atoms with Crippen LogP contribution in [0.1, 0.15) is 0 Å². The van der Waals surface area contributed by atoms with Crippen LogP contribution in [-0.4, -0.2) is 9.97 Å². The summed E-state index contributed by atoms with van der Waals surface area (Å²) in [5.74, 6) is 0. The van der Waals surface area contributed by atoms with E-state index in [0.717, 1.165) is 77.3 Å². The van der Waals surface area contributed by atoms with E-state index in [0.29, 0.717) is 0 Å². The molecule has 10 rings (SSSR count). The number of para-hydroxylation sites is 1. The number of fused-ring (bicyclic) bond motifs is 11. The number of hydrogen-bond donors (Lipinski definition) is 0. The predicted molar refractivity (Wildman–Crippen MR) is 196 cm³/mol. The molecule has 2 aromatic heterocycles. The molecule has 0 unspecified atom stereocenters. The van der Waals surface area contributed by atoms with Gasteiger partial charge >= 0.3 is 0 Å². The maximum absolute atomic E-state index is 6.66. The molecule has 0 fully saturated rings. The summed E-state index contributed by atoms with van der Waals surface area (Å²) < 4.78 is 6.66.